The molecule has 11 nitrogen and oxygen atoms in total. The monoisotopic (exact) mass is 521 g/mol. The van der Waals surface area contributed by atoms with Crippen molar-refractivity contribution >= 4 is 18.6 Å². The number of allylic oxidation sites excluding steroid dienone is 2. The maximum absolute atomic E-state index is 11.7. The summed E-state index contributed by atoms with van der Waals surface area (Å²) in [4.78, 5) is 31.5. The van der Waals surface area contributed by atoms with Gasteiger partial charge in [0.15, 0.2) is 0 Å². The smallest absolute Gasteiger partial charge is 0.338 e. The lowest BCUT2D eigenvalue weighted by molar-refractivity contribution is -0.110. The van der Waals surface area contributed by atoms with Crippen molar-refractivity contribution in [3.05, 3.63) is 58.3 Å². The number of fused-ring (bicyclic) bond motifs is 3. The fraction of sp³-hybridized carbons (Fsp3) is 0.519. The highest BCUT2D eigenvalue weighted by molar-refractivity contribution is 5.92. The van der Waals surface area contributed by atoms with Crippen molar-refractivity contribution in [2.24, 2.45) is 27.1 Å². The number of nitrogens with one attached hydrogen (secondary N) is 1. The summed E-state index contributed by atoms with van der Waals surface area (Å²) >= 11 is 0. The standard InChI is InChI=1S/C17H22N2O3.C10H13N5O/c1-18-5-6-19-10-16(22-11-14(19)9-18)13-2-3-15-12(8-13)4-7-21-17(15)20;11-15-14-6-13-10-3-7-1-2-8(5-16)9(7)4-12-10/h2-3,8,14,16H,4-7,9-11H2,1H3;3-6,8,10,12H,1-2H2,(H2,11,13,14). The predicted octanol–water partition coefficient (Wildman–Crippen LogP) is 1.78. The van der Waals surface area contributed by atoms with E-state index >= 15 is 0 Å². The highest BCUT2D eigenvalue weighted by Crippen LogP contribution is 2.36. The first-order valence-electron chi connectivity index (χ1n) is 13.1. The van der Waals surface area contributed by atoms with Crippen molar-refractivity contribution < 1.29 is 19.1 Å². The Bertz CT molecular complexity index is 1160. The number of likely N-dealkylation sites (N-methyl/N-ethyl adjacent to an activating group) is 1. The number of aldehydes is 1. The summed E-state index contributed by atoms with van der Waals surface area (Å²) in [6.45, 7) is 5.54. The van der Waals surface area contributed by atoms with Crippen LogP contribution >= 0.6 is 0 Å². The Morgan fingerprint density at radius 2 is 2.11 bits per heavy atom. The average molecular weight is 522 g/mol. The van der Waals surface area contributed by atoms with Gasteiger partial charge in [0.25, 0.3) is 0 Å². The molecular formula is C27H35N7O4. The van der Waals surface area contributed by atoms with Gasteiger partial charge in [-0.05, 0) is 54.3 Å². The molecule has 5 aliphatic rings. The van der Waals surface area contributed by atoms with Crippen molar-refractivity contribution in [2.45, 2.75) is 37.6 Å². The van der Waals surface area contributed by atoms with E-state index in [2.05, 4.69) is 43.6 Å². The number of hydrogen-bond donors (Lipinski definition) is 2. The normalized spacial score (nSPS) is 29.2. The molecule has 2 saturated heterocycles. The van der Waals surface area contributed by atoms with Gasteiger partial charge in [-0.15, -0.1) is 5.11 Å². The van der Waals surface area contributed by atoms with Gasteiger partial charge in [0.2, 0.25) is 0 Å². The maximum atomic E-state index is 11.7. The molecule has 11 heteroatoms. The van der Waals surface area contributed by atoms with E-state index < -0.39 is 0 Å². The number of cyclic esters (lactones) is 1. The molecule has 0 amide bonds. The third-order valence-electron chi connectivity index (χ3n) is 7.80. The molecule has 0 spiro atoms. The van der Waals surface area contributed by atoms with Crippen LogP contribution in [0.2, 0.25) is 0 Å². The topological polar surface area (TPSA) is 134 Å². The molecular weight excluding hydrogens is 486 g/mol. The van der Waals surface area contributed by atoms with Crippen molar-refractivity contribution in [2.75, 3.05) is 46.4 Å². The molecule has 1 aliphatic carbocycles. The summed E-state index contributed by atoms with van der Waals surface area (Å²) in [5, 5.41) is 9.60. The van der Waals surface area contributed by atoms with Gasteiger partial charge in [0.05, 0.1) is 24.9 Å². The molecule has 1 aromatic rings. The van der Waals surface area contributed by atoms with Gasteiger partial charge in [-0.2, -0.15) is 0 Å². The maximum Gasteiger partial charge on any atom is 0.338 e. The summed E-state index contributed by atoms with van der Waals surface area (Å²) in [5.41, 5.74) is 5.27. The molecule has 4 aliphatic heterocycles. The summed E-state index contributed by atoms with van der Waals surface area (Å²) in [7, 11) is 2.17. The summed E-state index contributed by atoms with van der Waals surface area (Å²) in [6.07, 6.45) is 8.77. The molecule has 1 saturated carbocycles. The van der Waals surface area contributed by atoms with Crippen molar-refractivity contribution in [1.82, 2.24) is 15.1 Å². The number of morpholine rings is 1. The zero-order valence-corrected chi connectivity index (χ0v) is 21.7. The molecule has 0 aromatic heterocycles. The van der Waals surface area contributed by atoms with Gasteiger partial charge in [-0.1, -0.05) is 17.4 Å². The van der Waals surface area contributed by atoms with E-state index in [0.717, 1.165) is 69.5 Å². The van der Waals surface area contributed by atoms with Crippen LogP contribution in [0, 0.1) is 5.92 Å². The minimum absolute atomic E-state index is 0.0346. The Kier molecular flexibility index (Phi) is 8.26. The van der Waals surface area contributed by atoms with E-state index in [1.54, 1.807) is 0 Å². The first-order valence-corrected chi connectivity index (χ1v) is 13.1. The molecule has 0 radical (unpaired) electrons. The lowest BCUT2D eigenvalue weighted by atomic mass is 9.96. The van der Waals surface area contributed by atoms with E-state index in [1.165, 1.54) is 17.5 Å². The number of ether oxygens (including phenoxy) is 2. The zero-order chi connectivity index (χ0) is 26.5. The highest BCUT2D eigenvalue weighted by atomic mass is 16.5. The van der Waals surface area contributed by atoms with Gasteiger partial charge < -0.3 is 30.3 Å². The Balaban J connectivity index is 0.000000163. The van der Waals surface area contributed by atoms with E-state index in [9.17, 15) is 9.59 Å². The Hall–Kier alpha value is -3.41. The zero-order valence-electron chi connectivity index (χ0n) is 21.7. The first-order chi connectivity index (χ1) is 18.6. The number of rotatable bonds is 4. The Morgan fingerprint density at radius 3 is 2.95 bits per heavy atom. The molecule has 4 atom stereocenters. The molecule has 4 unspecified atom stereocenters. The molecule has 38 heavy (non-hydrogen) atoms. The van der Waals surface area contributed by atoms with E-state index in [1.807, 2.05) is 24.4 Å². The molecule has 4 heterocycles. The molecule has 202 valence electrons. The number of dihydropyridines is 1. The first kappa shape index (κ1) is 26.2. The lowest BCUT2D eigenvalue weighted by Gasteiger charge is -2.45. The number of nitrogens with zero attached hydrogens (tertiary/aromatic N) is 5. The van der Waals surface area contributed by atoms with Crippen molar-refractivity contribution in [1.29, 1.82) is 0 Å². The molecule has 3 N–H and O–H groups in total. The van der Waals surface area contributed by atoms with Crippen molar-refractivity contribution in [3.63, 3.8) is 0 Å². The van der Waals surface area contributed by atoms with E-state index in [0.29, 0.717) is 18.2 Å². The molecule has 1 aromatic carbocycles. The fourth-order valence-electron chi connectivity index (χ4n) is 5.69. The van der Waals surface area contributed by atoms with Crippen LogP contribution in [-0.4, -0.2) is 87.0 Å². The van der Waals surface area contributed by atoms with Gasteiger partial charge in [0, 0.05) is 50.8 Å². The van der Waals surface area contributed by atoms with Crippen LogP contribution in [-0.2, 0) is 20.7 Å². The number of hydrogen-bond acceptors (Lipinski definition) is 9. The van der Waals surface area contributed by atoms with Crippen LogP contribution in [0.5, 0.6) is 0 Å². The number of carbonyl (C=O) groups is 2. The Labute approximate surface area is 222 Å². The van der Waals surface area contributed by atoms with Crippen LogP contribution in [0.1, 0.15) is 40.4 Å². The average Bonchev–Trinajstić information content (AvgIpc) is 3.36. The van der Waals surface area contributed by atoms with Gasteiger partial charge in [-0.25, -0.2) is 9.79 Å². The summed E-state index contributed by atoms with van der Waals surface area (Å²) < 4.78 is 11.2. The third kappa shape index (κ3) is 5.85. The summed E-state index contributed by atoms with van der Waals surface area (Å²) in [5.74, 6) is 4.68. The predicted molar refractivity (Wildman–Crippen MR) is 141 cm³/mol. The number of nitrogens with two attached hydrogens (primary N) is 1. The van der Waals surface area contributed by atoms with E-state index in [4.69, 9.17) is 15.3 Å². The second-order valence-corrected chi connectivity index (χ2v) is 10.2. The minimum Gasteiger partial charge on any atom is -0.462 e. The van der Waals surface area contributed by atoms with Crippen LogP contribution in [0.3, 0.4) is 0 Å². The third-order valence-corrected chi connectivity index (χ3v) is 7.80. The van der Waals surface area contributed by atoms with Gasteiger partial charge in [0.1, 0.15) is 18.8 Å². The van der Waals surface area contributed by atoms with Crippen LogP contribution in [0.15, 0.2) is 57.0 Å². The second kappa shape index (κ2) is 12.0. The lowest BCUT2D eigenvalue weighted by Crippen LogP contribution is -2.57. The van der Waals surface area contributed by atoms with Crippen LogP contribution in [0.4, 0.5) is 0 Å². The fourth-order valence-corrected chi connectivity index (χ4v) is 5.69. The second-order valence-electron chi connectivity index (χ2n) is 10.2. The SMILES string of the molecule is CN1CCN2CC(c3ccc4c(c3)CCOC4=O)OCC2C1.NN=N/C=N/C1C=C2CCC(C=O)C2=CN1. The summed E-state index contributed by atoms with van der Waals surface area (Å²) in [6, 6.07) is 6.57. The molecule has 0 bridgehead atoms. The van der Waals surface area contributed by atoms with E-state index in [-0.39, 0.29) is 24.2 Å². The largest absolute Gasteiger partial charge is 0.462 e. The van der Waals surface area contributed by atoms with Crippen LogP contribution < -0.4 is 11.2 Å². The van der Waals surface area contributed by atoms with Gasteiger partial charge in [-0.3, -0.25) is 4.90 Å². The molecule has 6 rings (SSSR count). The minimum atomic E-state index is -0.198. The van der Waals surface area contributed by atoms with Gasteiger partial charge >= 0.3 is 5.97 Å². The number of aliphatic imine (C=N–C) groups is 1. The molecule has 3 fully saturated rings. The number of piperazine rings is 1. The number of carbonyl (C=O) groups excluding carboxylic acids is 2. The Morgan fingerprint density at radius 1 is 1.21 bits per heavy atom. The highest BCUT2D eigenvalue weighted by Gasteiger charge is 2.33. The number of benzene rings is 1. The van der Waals surface area contributed by atoms with Crippen LogP contribution in [0.25, 0.3) is 0 Å². The van der Waals surface area contributed by atoms with Crippen molar-refractivity contribution in [3.8, 4) is 0 Å². The number of esters is 1. The quantitative estimate of drug-likeness (QED) is 0.116.